The Hall–Kier alpha value is -0.710. The number of aliphatic carboxylic acids is 1. The molecule has 1 aliphatic rings. The fourth-order valence-electron chi connectivity index (χ4n) is 1.94. The Morgan fingerprint density at radius 2 is 2.00 bits per heavy atom. The maximum atomic E-state index is 12.9. The average molecular weight is 235 g/mol. The third-order valence-electron chi connectivity index (χ3n) is 3.22. The van der Waals surface area contributed by atoms with Gasteiger partial charge in [-0.3, -0.25) is 4.79 Å². The van der Waals surface area contributed by atoms with Gasteiger partial charge in [-0.05, 0) is 19.4 Å². The maximum absolute atomic E-state index is 12.9. The van der Waals surface area contributed by atoms with Crippen LogP contribution in [0.5, 0.6) is 0 Å². The molecule has 0 unspecified atom stereocenters. The number of piperidine rings is 1. The van der Waals surface area contributed by atoms with Crippen LogP contribution in [0.1, 0.15) is 32.6 Å². The molecule has 0 aromatic heterocycles. The summed E-state index contributed by atoms with van der Waals surface area (Å²) in [5, 5.41) is 8.85. The zero-order chi connectivity index (χ0) is 12.2. The summed E-state index contributed by atoms with van der Waals surface area (Å²) in [6.07, 6.45) is 0.949. The highest BCUT2D eigenvalue weighted by Gasteiger charge is 2.33. The second-order valence-corrected chi connectivity index (χ2v) is 4.43. The van der Waals surface area contributed by atoms with Crippen molar-refractivity contribution >= 4 is 5.97 Å². The maximum Gasteiger partial charge on any atom is 0.306 e. The molecule has 1 heterocycles. The second kappa shape index (κ2) is 5.57. The normalized spacial score (nSPS) is 22.9. The van der Waals surface area contributed by atoms with Crippen LogP contribution >= 0.6 is 0 Å². The van der Waals surface area contributed by atoms with Gasteiger partial charge in [0.1, 0.15) is 0 Å². The van der Waals surface area contributed by atoms with Crippen LogP contribution < -0.4 is 0 Å². The average Bonchev–Trinajstić information content (AvgIpc) is 2.20. The van der Waals surface area contributed by atoms with Crippen molar-refractivity contribution in [3.63, 3.8) is 0 Å². The van der Waals surface area contributed by atoms with Gasteiger partial charge in [0.25, 0.3) is 5.92 Å². The van der Waals surface area contributed by atoms with Gasteiger partial charge < -0.3 is 10.0 Å². The van der Waals surface area contributed by atoms with E-state index in [0.717, 1.165) is 0 Å². The van der Waals surface area contributed by atoms with E-state index in [-0.39, 0.29) is 18.8 Å². The van der Waals surface area contributed by atoms with Gasteiger partial charge in [-0.25, -0.2) is 8.78 Å². The fraction of sp³-hybridized carbons (Fsp3) is 0.909. The Balaban J connectivity index is 2.26. The van der Waals surface area contributed by atoms with E-state index >= 15 is 0 Å². The molecule has 0 saturated carbocycles. The number of hydrogen-bond acceptors (Lipinski definition) is 2. The number of nitrogens with zero attached hydrogens (tertiary/aromatic N) is 1. The molecule has 0 aromatic rings. The summed E-state index contributed by atoms with van der Waals surface area (Å²) in [7, 11) is 0. The summed E-state index contributed by atoms with van der Waals surface area (Å²) in [6, 6.07) is 0. The molecule has 0 amide bonds. The summed E-state index contributed by atoms with van der Waals surface area (Å²) in [5.41, 5.74) is 0. The SMILES string of the molecule is CC[C@@H](CCN1CCC(F)(F)CC1)C(=O)O. The van der Waals surface area contributed by atoms with Gasteiger partial charge in [-0.1, -0.05) is 6.92 Å². The Morgan fingerprint density at radius 3 is 2.44 bits per heavy atom. The first-order valence-corrected chi connectivity index (χ1v) is 5.77. The van der Waals surface area contributed by atoms with Gasteiger partial charge in [0.05, 0.1) is 5.92 Å². The lowest BCUT2D eigenvalue weighted by molar-refractivity contribution is -0.142. The lowest BCUT2D eigenvalue weighted by Gasteiger charge is -2.32. The molecule has 1 aliphatic heterocycles. The number of carbonyl (C=O) groups is 1. The molecule has 1 atom stereocenters. The van der Waals surface area contributed by atoms with Gasteiger partial charge in [0.2, 0.25) is 0 Å². The Labute approximate surface area is 94.4 Å². The zero-order valence-corrected chi connectivity index (χ0v) is 9.59. The highest BCUT2D eigenvalue weighted by molar-refractivity contribution is 5.69. The second-order valence-electron chi connectivity index (χ2n) is 4.43. The van der Waals surface area contributed by atoms with Crippen LogP contribution in [0.15, 0.2) is 0 Å². The van der Waals surface area contributed by atoms with Gasteiger partial charge in [-0.2, -0.15) is 0 Å². The number of alkyl halides is 2. The lowest BCUT2D eigenvalue weighted by Crippen LogP contribution is -2.40. The van der Waals surface area contributed by atoms with E-state index in [1.54, 1.807) is 0 Å². The summed E-state index contributed by atoms with van der Waals surface area (Å²) < 4.78 is 25.7. The highest BCUT2D eigenvalue weighted by Crippen LogP contribution is 2.27. The summed E-state index contributed by atoms with van der Waals surface area (Å²) >= 11 is 0. The quantitative estimate of drug-likeness (QED) is 0.794. The third kappa shape index (κ3) is 4.04. The van der Waals surface area contributed by atoms with Crippen molar-refractivity contribution in [2.24, 2.45) is 5.92 Å². The predicted molar refractivity (Wildman–Crippen MR) is 56.7 cm³/mol. The molecular weight excluding hydrogens is 216 g/mol. The van der Waals surface area contributed by atoms with Crippen LogP contribution in [-0.4, -0.2) is 41.5 Å². The predicted octanol–water partition coefficient (Wildman–Crippen LogP) is 2.22. The molecule has 0 spiro atoms. The van der Waals surface area contributed by atoms with E-state index in [4.69, 9.17) is 5.11 Å². The largest absolute Gasteiger partial charge is 0.481 e. The topological polar surface area (TPSA) is 40.5 Å². The molecule has 0 aliphatic carbocycles. The van der Waals surface area contributed by atoms with Crippen molar-refractivity contribution in [2.45, 2.75) is 38.5 Å². The first-order chi connectivity index (χ1) is 7.44. The summed E-state index contributed by atoms with van der Waals surface area (Å²) in [4.78, 5) is 12.7. The number of likely N-dealkylation sites (tertiary alicyclic amines) is 1. The minimum absolute atomic E-state index is 0.100. The van der Waals surface area contributed by atoms with E-state index in [1.165, 1.54) is 0 Å². The molecule has 3 nitrogen and oxygen atoms in total. The molecule has 1 saturated heterocycles. The van der Waals surface area contributed by atoms with Crippen molar-refractivity contribution in [3.8, 4) is 0 Å². The van der Waals surface area contributed by atoms with Crippen LogP contribution in [-0.2, 0) is 4.79 Å². The minimum atomic E-state index is -2.52. The number of hydrogen-bond donors (Lipinski definition) is 1. The van der Waals surface area contributed by atoms with Crippen LogP contribution in [0.2, 0.25) is 0 Å². The molecular formula is C11H19F2NO2. The molecule has 0 radical (unpaired) electrons. The van der Waals surface area contributed by atoms with Crippen molar-refractivity contribution in [2.75, 3.05) is 19.6 Å². The fourth-order valence-corrected chi connectivity index (χ4v) is 1.94. The first kappa shape index (κ1) is 13.4. The van der Waals surface area contributed by atoms with Gasteiger partial charge in [-0.15, -0.1) is 0 Å². The van der Waals surface area contributed by atoms with E-state index < -0.39 is 11.9 Å². The Kier molecular flexibility index (Phi) is 4.65. The highest BCUT2D eigenvalue weighted by atomic mass is 19.3. The molecule has 5 heteroatoms. The molecule has 1 fully saturated rings. The van der Waals surface area contributed by atoms with E-state index in [1.807, 2.05) is 11.8 Å². The number of halogens is 2. The van der Waals surface area contributed by atoms with E-state index in [0.29, 0.717) is 32.5 Å². The van der Waals surface area contributed by atoms with Crippen LogP contribution in [0.3, 0.4) is 0 Å². The molecule has 0 bridgehead atoms. The third-order valence-corrected chi connectivity index (χ3v) is 3.22. The van der Waals surface area contributed by atoms with Crippen molar-refractivity contribution in [3.05, 3.63) is 0 Å². The standard InChI is InChI=1S/C11H19F2NO2/c1-2-9(10(15)16)3-6-14-7-4-11(12,13)5-8-14/h9H,2-8H2,1H3,(H,15,16)/t9-/m0/s1. The van der Waals surface area contributed by atoms with Gasteiger partial charge in [0, 0.05) is 25.9 Å². The smallest absolute Gasteiger partial charge is 0.306 e. The summed E-state index contributed by atoms with van der Waals surface area (Å²) in [6.45, 7) is 3.20. The van der Waals surface area contributed by atoms with E-state index in [9.17, 15) is 13.6 Å². The summed E-state index contributed by atoms with van der Waals surface area (Å²) in [5.74, 6) is -3.65. The number of carboxylic acids is 1. The molecule has 1 rings (SSSR count). The van der Waals surface area contributed by atoms with Gasteiger partial charge >= 0.3 is 5.97 Å². The minimum Gasteiger partial charge on any atom is -0.481 e. The van der Waals surface area contributed by atoms with Crippen molar-refractivity contribution in [1.29, 1.82) is 0 Å². The monoisotopic (exact) mass is 235 g/mol. The van der Waals surface area contributed by atoms with Crippen molar-refractivity contribution < 1.29 is 18.7 Å². The Morgan fingerprint density at radius 1 is 1.44 bits per heavy atom. The first-order valence-electron chi connectivity index (χ1n) is 5.77. The van der Waals surface area contributed by atoms with Crippen molar-refractivity contribution in [1.82, 2.24) is 4.90 Å². The molecule has 16 heavy (non-hydrogen) atoms. The van der Waals surface area contributed by atoms with E-state index in [2.05, 4.69) is 0 Å². The lowest BCUT2D eigenvalue weighted by atomic mass is 10.0. The van der Waals surface area contributed by atoms with Crippen LogP contribution in [0.4, 0.5) is 8.78 Å². The Bertz CT molecular complexity index is 236. The number of rotatable bonds is 5. The van der Waals surface area contributed by atoms with Gasteiger partial charge in [0.15, 0.2) is 0 Å². The zero-order valence-electron chi connectivity index (χ0n) is 9.59. The van der Waals surface area contributed by atoms with Crippen LogP contribution in [0.25, 0.3) is 0 Å². The molecule has 94 valence electrons. The van der Waals surface area contributed by atoms with Crippen LogP contribution in [0, 0.1) is 5.92 Å². The molecule has 1 N–H and O–H groups in total. The number of carboxylic acid groups (broad SMARTS) is 1. The molecule has 0 aromatic carbocycles.